The molecule has 2 aliphatic heterocycles. The molecule has 4 heterocycles. The predicted octanol–water partition coefficient (Wildman–Crippen LogP) is 4.55. The highest BCUT2D eigenvalue weighted by Gasteiger charge is 2.45. The van der Waals surface area contributed by atoms with Crippen molar-refractivity contribution in [3.8, 4) is 11.4 Å². The average molecular weight is 727 g/mol. The molecule has 2 saturated heterocycles. The van der Waals surface area contributed by atoms with E-state index in [1.165, 1.54) is 6.33 Å². The number of rotatable bonds is 11. The van der Waals surface area contributed by atoms with Crippen LogP contribution in [0.25, 0.3) is 5.69 Å². The molecule has 1 N–H and O–H groups in total. The van der Waals surface area contributed by atoms with Crippen molar-refractivity contribution in [3.05, 3.63) is 112 Å². The summed E-state index contributed by atoms with van der Waals surface area (Å²) in [7, 11) is 0. The third-order valence-corrected chi connectivity index (χ3v) is 9.33. The van der Waals surface area contributed by atoms with Gasteiger partial charge in [-0.15, -0.1) is 0 Å². The van der Waals surface area contributed by atoms with Crippen LogP contribution in [-0.4, -0.2) is 85.8 Å². The van der Waals surface area contributed by atoms with E-state index in [9.17, 15) is 9.90 Å². The van der Waals surface area contributed by atoms with Crippen LogP contribution in [0.5, 0.6) is 5.75 Å². The van der Waals surface area contributed by atoms with Crippen LogP contribution in [0.1, 0.15) is 32.2 Å². The Morgan fingerprint density at radius 2 is 1.68 bits per heavy atom. The third kappa shape index (κ3) is 7.10. The van der Waals surface area contributed by atoms with Gasteiger partial charge in [-0.3, -0.25) is 0 Å². The van der Waals surface area contributed by atoms with Gasteiger partial charge in [0.15, 0.2) is 0 Å². The van der Waals surface area contributed by atoms with Crippen molar-refractivity contribution in [1.82, 2.24) is 29.1 Å². The molecule has 0 radical (unpaired) electrons. The van der Waals surface area contributed by atoms with E-state index in [0.29, 0.717) is 31.7 Å². The Morgan fingerprint density at radius 1 is 1.00 bits per heavy atom. The number of nitrogens with zero attached hydrogens (tertiary/aromatic N) is 8. The molecule has 13 nitrogen and oxygen atoms in total. The van der Waals surface area contributed by atoms with Gasteiger partial charge >= 0.3 is 5.69 Å². The van der Waals surface area contributed by atoms with E-state index in [0.717, 1.165) is 55.4 Å². The quantitative estimate of drug-likeness (QED) is 0.207. The van der Waals surface area contributed by atoms with E-state index >= 15 is 0 Å². The van der Waals surface area contributed by atoms with Crippen LogP contribution >= 0.6 is 23.2 Å². The summed E-state index contributed by atoms with van der Waals surface area (Å²) in [5, 5.41) is 19.3. The Hall–Kier alpha value is -4.40. The molecule has 2 aromatic heterocycles. The summed E-state index contributed by atoms with van der Waals surface area (Å²) in [5.41, 5.74) is 2.22. The maximum atomic E-state index is 13.1. The molecule has 4 atom stereocenters. The smallest absolute Gasteiger partial charge is 0.350 e. The van der Waals surface area contributed by atoms with E-state index in [-0.39, 0.29) is 25.9 Å². The number of piperazine rings is 1. The summed E-state index contributed by atoms with van der Waals surface area (Å²) in [4.78, 5) is 21.7. The second kappa shape index (κ2) is 14.4. The van der Waals surface area contributed by atoms with E-state index in [4.69, 9.17) is 44.3 Å². The maximum absolute atomic E-state index is 13.1. The summed E-state index contributed by atoms with van der Waals surface area (Å²) >= 11 is 12.7. The lowest BCUT2D eigenvalue weighted by Gasteiger charge is -2.37. The lowest BCUT2D eigenvalue weighted by Crippen LogP contribution is -2.46. The van der Waals surface area contributed by atoms with Crippen molar-refractivity contribution in [2.24, 2.45) is 0 Å². The molecule has 4 unspecified atom stereocenters. The molecule has 2 aliphatic rings. The fraction of sp³-hybridized carbons (Fsp3) is 0.371. The average Bonchev–Trinajstić information content (AvgIpc) is 3.92. The number of ether oxygens (including phenoxy) is 3. The highest BCUT2D eigenvalue weighted by molar-refractivity contribution is 6.35. The summed E-state index contributed by atoms with van der Waals surface area (Å²) < 4.78 is 60.8. The van der Waals surface area contributed by atoms with Crippen molar-refractivity contribution in [3.63, 3.8) is 0 Å². The summed E-state index contributed by atoms with van der Waals surface area (Å²) in [6, 6.07) is 17.7. The third-order valence-electron chi connectivity index (χ3n) is 8.78. The van der Waals surface area contributed by atoms with Gasteiger partial charge in [-0.25, -0.2) is 23.7 Å². The second-order valence-corrected chi connectivity index (χ2v) is 12.8. The number of aliphatic hydroxyl groups is 1. The van der Waals surface area contributed by atoms with Crippen LogP contribution in [0, 0.1) is 0 Å². The fourth-order valence-electron chi connectivity index (χ4n) is 6.08. The monoisotopic (exact) mass is 725 g/mol. The Bertz CT molecular complexity index is 2160. The van der Waals surface area contributed by atoms with Gasteiger partial charge in [-0.2, -0.15) is 10.2 Å². The zero-order chi connectivity index (χ0) is 39.2. The first-order valence-electron chi connectivity index (χ1n) is 18.4. The lowest BCUT2D eigenvalue weighted by molar-refractivity contribution is -0.190. The molecule has 2 fully saturated rings. The summed E-state index contributed by atoms with van der Waals surface area (Å²) in [6.07, 6.45) is 0.497. The Balaban J connectivity index is 0.930. The van der Waals surface area contributed by atoms with Gasteiger partial charge < -0.3 is 29.1 Å². The molecule has 0 saturated carbocycles. The number of aromatic nitrogens is 6. The first-order chi connectivity index (χ1) is 26.1. The first kappa shape index (κ1) is 28.3. The molecule has 15 heteroatoms. The van der Waals surface area contributed by atoms with Crippen molar-refractivity contribution in [2.75, 3.05) is 49.2 Å². The SMILES string of the molecule is [2H]C([2H])([2H])C([2H])(O)C([2H])(C)n1ncn(-c2ccc(N3CCN(c4ccc(OCC5COC(Cn6cncn6)(c6ccc(Cl)cc6Cl)O5)cc4)CC3)cc2)c1=O. The molecule has 262 valence electrons. The molecule has 50 heavy (non-hydrogen) atoms. The minimum absolute atomic E-state index is 0.233. The number of anilines is 2. The van der Waals surface area contributed by atoms with E-state index in [1.54, 1.807) is 41.3 Å². The molecule has 7 rings (SSSR count). The van der Waals surface area contributed by atoms with Crippen LogP contribution in [0.2, 0.25) is 10.0 Å². The van der Waals surface area contributed by atoms with Gasteiger partial charge in [0.2, 0.25) is 5.79 Å². The normalized spacial score (nSPS) is 23.6. The Kier molecular flexibility index (Phi) is 8.18. The zero-order valence-electron chi connectivity index (χ0n) is 32.0. The minimum atomic E-state index is -3.28. The lowest BCUT2D eigenvalue weighted by atomic mass is 10.1. The standard InChI is InChI=1S/C35H38Cl2N8O5/c1-24(25(2)46)45-34(47)44(23-40-45)29-6-4-27(5-7-29)41-13-15-42(16-14-41)28-8-10-30(11-9-28)48-18-31-19-49-35(50-31,20-43-22-38-21-39-43)32-12-3-26(36)17-33(32)37/h3-12,17,21-25,31,46H,13-16,18-20H2,1-2H3/i2D3,24D,25D. The van der Waals surface area contributed by atoms with Crippen LogP contribution < -0.4 is 20.2 Å². The number of benzene rings is 3. The molecule has 0 spiro atoms. The first-order valence-corrected chi connectivity index (χ1v) is 16.7. The minimum Gasteiger partial charge on any atom is -0.491 e. The van der Waals surface area contributed by atoms with Gasteiger partial charge in [-0.1, -0.05) is 29.3 Å². The van der Waals surface area contributed by atoms with Gasteiger partial charge in [0.05, 0.1) is 32.2 Å². The van der Waals surface area contributed by atoms with Gasteiger partial charge in [-0.05, 0) is 74.4 Å². The van der Waals surface area contributed by atoms with E-state index in [2.05, 4.69) is 25.0 Å². The molecule has 0 aliphatic carbocycles. The molecule has 5 aromatic rings. The largest absolute Gasteiger partial charge is 0.491 e. The van der Waals surface area contributed by atoms with Crippen LogP contribution in [0.15, 0.2) is 90.5 Å². The summed E-state index contributed by atoms with van der Waals surface area (Å²) in [6.45, 7) is 1.51. The van der Waals surface area contributed by atoms with Gasteiger partial charge in [0, 0.05) is 52.3 Å². The van der Waals surface area contributed by atoms with Crippen molar-refractivity contribution in [1.29, 1.82) is 0 Å². The van der Waals surface area contributed by atoms with Gasteiger partial charge in [0.1, 0.15) is 44.0 Å². The van der Waals surface area contributed by atoms with E-state index < -0.39 is 30.4 Å². The fourth-order valence-corrected chi connectivity index (χ4v) is 6.64. The highest BCUT2D eigenvalue weighted by atomic mass is 35.5. The molecule has 0 amide bonds. The molecule has 3 aromatic carbocycles. The number of halogens is 2. The maximum Gasteiger partial charge on any atom is 0.350 e. The number of hydrogen-bond acceptors (Lipinski definition) is 10. The zero-order valence-corrected chi connectivity index (χ0v) is 28.5. The highest BCUT2D eigenvalue weighted by Crippen LogP contribution is 2.40. The Labute approximate surface area is 306 Å². The van der Waals surface area contributed by atoms with Crippen molar-refractivity contribution >= 4 is 34.6 Å². The van der Waals surface area contributed by atoms with Crippen LogP contribution in [-0.2, 0) is 21.8 Å². The van der Waals surface area contributed by atoms with Gasteiger partial charge in [0.25, 0.3) is 0 Å². The topological polar surface area (TPSA) is 125 Å². The Morgan fingerprint density at radius 3 is 2.32 bits per heavy atom. The second-order valence-electron chi connectivity index (χ2n) is 11.9. The van der Waals surface area contributed by atoms with Crippen LogP contribution in [0.4, 0.5) is 11.4 Å². The molecule has 0 bridgehead atoms. The van der Waals surface area contributed by atoms with Crippen molar-refractivity contribution in [2.45, 2.75) is 44.3 Å². The molecular formula is C35H38Cl2N8O5. The van der Waals surface area contributed by atoms with Crippen molar-refractivity contribution < 1.29 is 26.2 Å². The number of hydrogen-bond donors (Lipinski definition) is 1. The summed E-state index contributed by atoms with van der Waals surface area (Å²) in [5.74, 6) is -0.511. The molecular weight excluding hydrogens is 683 g/mol. The van der Waals surface area contributed by atoms with Crippen LogP contribution in [0.3, 0.4) is 0 Å². The predicted molar refractivity (Wildman–Crippen MR) is 190 cm³/mol. The van der Waals surface area contributed by atoms with E-state index in [1.807, 2.05) is 36.4 Å².